The highest BCUT2D eigenvalue weighted by atomic mass is 19.1. The number of anilines is 1. The smallest absolute Gasteiger partial charge is 0.268 e. The molecule has 0 atom stereocenters. The monoisotopic (exact) mass is 391 g/mol. The maximum atomic E-state index is 13.5. The molecular weight excluding hydrogens is 379 g/mol. The van der Waals surface area contributed by atoms with Gasteiger partial charge in [-0.25, -0.2) is 27.8 Å². The predicted octanol–water partition coefficient (Wildman–Crippen LogP) is 1.76. The predicted molar refractivity (Wildman–Crippen MR) is 91.0 cm³/mol. The van der Waals surface area contributed by atoms with Crippen molar-refractivity contribution in [3.05, 3.63) is 64.5 Å². The number of amides is 1. The molecule has 0 unspecified atom stereocenters. The van der Waals surface area contributed by atoms with Gasteiger partial charge in [-0.1, -0.05) is 0 Å². The van der Waals surface area contributed by atoms with Gasteiger partial charge in [0.25, 0.3) is 5.56 Å². The Kier molecular flexibility index (Phi) is 5.34. The average molecular weight is 391 g/mol. The zero-order chi connectivity index (χ0) is 20.3. The average Bonchev–Trinajstić information content (AvgIpc) is 2.64. The van der Waals surface area contributed by atoms with E-state index in [0.717, 1.165) is 35.3 Å². The van der Waals surface area contributed by atoms with Gasteiger partial charge in [-0.05, 0) is 17.7 Å². The molecule has 0 fully saturated rings. The molecule has 0 aliphatic rings. The van der Waals surface area contributed by atoms with Gasteiger partial charge in [0.1, 0.15) is 18.2 Å². The molecule has 1 aromatic carbocycles. The van der Waals surface area contributed by atoms with Gasteiger partial charge in [-0.15, -0.1) is 5.10 Å². The third-order valence-corrected chi connectivity index (χ3v) is 3.50. The van der Waals surface area contributed by atoms with Crippen molar-refractivity contribution in [3.63, 3.8) is 0 Å². The Morgan fingerprint density at radius 3 is 2.32 bits per heavy atom. The summed E-state index contributed by atoms with van der Waals surface area (Å²) in [6.07, 6.45) is 1.73. The van der Waals surface area contributed by atoms with Crippen LogP contribution in [-0.2, 0) is 11.3 Å². The summed E-state index contributed by atoms with van der Waals surface area (Å²) in [4.78, 5) is 31.4. The third-order valence-electron chi connectivity index (χ3n) is 3.50. The first kappa shape index (κ1) is 19.0. The van der Waals surface area contributed by atoms with E-state index in [2.05, 4.69) is 20.4 Å². The summed E-state index contributed by atoms with van der Waals surface area (Å²) in [5.74, 6) is -3.31. The van der Waals surface area contributed by atoms with Gasteiger partial charge in [-0.2, -0.15) is 0 Å². The Balaban J connectivity index is 1.87. The number of methoxy groups -OCH3 is 1. The number of halogens is 3. The lowest BCUT2D eigenvalue weighted by Gasteiger charge is -2.11. The van der Waals surface area contributed by atoms with Crippen LogP contribution in [0.15, 0.2) is 41.5 Å². The molecule has 1 N–H and O–H groups in total. The van der Waals surface area contributed by atoms with E-state index in [1.165, 1.54) is 7.11 Å². The van der Waals surface area contributed by atoms with Crippen molar-refractivity contribution >= 4 is 11.9 Å². The quantitative estimate of drug-likeness (QED) is 0.712. The number of carbonyl (C=O) groups excluding carboxylic acids is 1. The molecule has 0 radical (unpaired) electrons. The van der Waals surface area contributed by atoms with E-state index in [0.29, 0.717) is 6.07 Å². The van der Waals surface area contributed by atoms with Crippen LogP contribution in [0.4, 0.5) is 19.1 Å². The number of carbonyl (C=O) groups is 1. The normalized spacial score (nSPS) is 10.6. The summed E-state index contributed by atoms with van der Waals surface area (Å²) < 4.78 is 45.6. The molecule has 0 saturated carbocycles. The SMILES string of the molecule is COc1nn(CC(=O)Nc2ncc(F)cn2)c(=O)cc1-c1cc(F)cc(F)c1. The number of rotatable bonds is 5. The molecule has 144 valence electrons. The van der Waals surface area contributed by atoms with E-state index in [9.17, 15) is 22.8 Å². The second-order valence-electron chi connectivity index (χ2n) is 5.49. The molecule has 8 nitrogen and oxygen atoms in total. The molecule has 0 aliphatic heterocycles. The molecule has 28 heavy (non-hydrogen) atoms. The minimum absolute atomic E-state index is 0.0512. The minimum Gasteiger partial charge on any atom is -0.480 e. The van der Waals surface area contributed by atoms with Crippen molar-refractivity contribution in [2.24, 2.45) is 0 Å². The Morgan fingerprint density at radius 2 is 1.71 bits per heavy atom. The first-order chi connectivity index (χ1) is 13.4. The van der Waals surface area contributed by atoms with Gasteiger partial charge in [0.05, 0.1) is 25.1 Å². The van der Waals surface area contributed by atoms with Crippen LogP contribution in [0, 0.1) is 17.5 Å². The summed E-state index contributed by atoms with van der Waals surface area (Å²) in [5.41, 5.74) is -0.602. The van der Waals surface area contributed by atoms with Crippen molar-refractivity contribution in [2.45, 2.75) is 6.54 Å². The van der Waals surface area contributed by atoms with Crippen LogP contribution in [0.25, 0.3) is 11.1 Å². The van der Waals surface area contributed by atoms with Crippen molar-refractivity contribution in [1.82, 2.24) is 19.7 Å². The van der Waals surface area contributed by atoms with Crippen LogP contribution in [-0.4, -0.2) is 32.8 Å². The van der Waals surface area contributed by atoms with Gasteiger partial charge in [0.2, 0.25) is 17.7 Å². The number of aromatic nitrogens is 4. The zero-order valence-corrected chi connectivity index (χ0v) is 14.3. The van der Waals surface area contributed by atoms with Gasteiger partial charge in [0, 0.05) is 12.1 Å². The van der Waals surface area contributed by atoms with Gasteiger partial charge in [-0.3, -0.25) is 14.9 Å². The highest BCUT2D eigenvalue weighted by Gasteiger charge is 2.15. The minimum atomic E-state index is -0.833. The number of nitrogens with zero attached hydrogens (tertiary/aromatic N) is 4. The molecule has 0 aliphatic carbocycles. The Hall–Kier alpha value is -3.76. The maximum absolute atomic E-state index is 13.5. The van der Waals surface area contributed by atoms with Crippen LogP contribution >= 0.6 is 0 Å². The van der Waals surface area contributed by atoms with Crippen molar-refractivity contribution in [3.8, 4) is 17.0 Å². The zero-order valence-electron chi connectivity index (χ0n) is 14.3. The Labute approximate surface area is 155 Å². The van der Waals surface area contributed by atoms with Gasteiger partial charge in [0.15, 0.2) is 5.82 Å². The van der Waals surface area contributed by atoms with Crippen molar-refractivity contribution < 1.29 is 22.7 Å². The lowest BCUT2D eigenvalue weighted by atomic mass is 10.1. The Morgan fingerprint density at radius 1 is 1.07 bits per heavy atom. The van der Waals surface area contributed by atoms with Crippen LogP contribution < -0.4 is 15.6 Å². The first-order valence-electron chi connectivity index (χ1n) is 7.75. The maximum Gasteiger partial charge on any atom is 0.268 e. The lowest BCUT2D eigenvalue weighted by molar-refractivity contribution is -0.117. The molecule has 11 heteroatoms. The van der Waals surface area contributed by atoms with E-state index < -0.39 is 35.5 Å². The van der Waals surface area contributed by atoms with Gasteiger partial charge < -0.3 is 4.74 Å². The number of nitrogens with one attached hydrogen (secondary N) is 1. The summed E-state index contributed by atoms with van der Waals surface area (Å²) in [7, 11) is 1.25. The molecule has 0 bridgehead atoms. The molecule has 1 amide bonds. The van der Waals surface area contributed by atoms with Crippen LogP contribution in [0.2, 0.25) is 0 Å². The fourth-order valence-electron chi connectivity index (χ4n) is 2.33. The molecule has 2 heterocycles. The van der Waals surface area contributed by atoms with Crippen LogP contribution in [0.1, 0.15) is 0 Å². The fraction of sp³-hybridized carbons (Fsp3) is 0.118. The molecule has 3 rings (SSSR count). The first-order valence-corrected chi connectivity index (χ1v) is 7.75. The highest BCUT2D eigenvalue weighted by Crippen LogP contribution is 2.27. The molecule has 2 aromatic heterocycles. The number of hydrogen-bond donors (Lipinski definition) is 1. The van der Waals surface area contributed by atoms with Crippen molar-refractivity contribution in [1.29, 1.82) is 0 Å². The van der Waals surface area contributed by atoms with Crippen LogP contribution in [0.3, 0.4) is 0 Å². The Bertz CT molecular complexity index is 1070. The van der Waals surface area contributed by atoms with E-state index in [-0.39, 0.29) is 23.0 Å². The summed E-state index contributed by atoms with van der Waals surface area (Å²) in [5, 5.41) is 6.17. The van der Waals surface area contributed by atoms with E-state index in [1.807, 2.05) is 0 Å². The van der Waals surface area contributed by atoms with Crippen LogP contribution in [0.5, 0.6) is 5.88 Å². The third kappa shape index (κ3) is 4.31. The summed E-state index contributed by atoms with van der Waals surface area (Å²) in [6, 6.07) is 3.77. The highest BCUT2D eigenvalue weighted by molar-refractivity contribution is 5.88. The van der Waals surface area contributed by atoms with E-state index in [1.54, 1.807) is 0 Å². The summed E-state index contributed by atoms with van der Waals surface area (Å²) in [6.45, 7) is -0.520. The lowest BCUT2D eigenvalue weighted by Crippen LogP contribution is -2.30. The summed E-state index contributed by atoms with van der Waals surface area (Å²) >= 11 is 0. The van der Waals surface area contributed by atoms with E-state index >= 15 is 0 Å². The number of benzene rings is 1. The number of hydrogen-bond acceptors (Lipinski definition) is 6. The molecule has 3 aromatic rings. The largest absolute Gasteiger partial charge is 0.480 e. The standard InChI is InChI=1S/C17H12F3N5O3/c1-28-16-13(9-2-10(18)4-11(19)3-9)5-15(27)25(24-16)8-14(26)23-17-21-6-12(20)7-22-17/h2-7H,8H2,1H3,(H,21,22,23,26). The molecular formula is C17H12F3N5O3. The van der Waals surface area contributed by atoms with E-state index in [4.69, 9.17) is 4.74 Å². The molecule has 0 saturated heterocycles. The second kappa shape index (κ2) is 7.86. The molecule has 0 spiro atoms. The fourth-order valence-corrected chi connectivity index (χ4v) is 2.33. The topological polar surface area (TPSA) is 99.0 Å². The van der Waals surface area contributed by atoms with Gasteiger partial charge >= 0.3 is 0 Å². The second-order valence-corrected chi connectivity index (χ2v) is 5.49. The number of ether oxygens (including phenoxy) is 1. The van der Waals surface area contributed by atoms with Crippen molar-refractivity contribution in [2.75, 3.05) is 12.4 Å².